The number of nitrogens with zero attached hydrogens (tertiary/aromatic N) is 2. The van der Waals surface area contributed by atoms with Crippen molar-refractivity contribution < 1.29 is 4.79 Å². The molecule has 1 aromatic heterocycles. The van der Waals surface area contributed by atoms with Crippen molar-refractivity contribution >= 4 is 17.5 Å². The van der Waals surface area contributed by atoms with Crippen molar-refractivity contribution in [1.82, 2.24) is 15.3 Å². The zero-order valence-electron chi connectivity index (χ0n) is 12.9. The smallest absolute Gasteiger partial charge is 0.271 e. The number of rotatable bonds is 5. The maximum absolute atomic E-state index is 12.2. The van der Waals surface area contributed by atoms with Crippen molar-refractivity contribution in [3.63, 3.8) is 0 Å². The molecule has 1 amide bonds. The van der Waals surface area contributed by atoms with Crippen molar-refractivity contribution in [1.29, 1.82) is 0 Å². The molecule has 1 aliphatic rings. The van der Waals surface area contributed by atoms with E-state index in [1.165, 1.54) is 38.3 Å². The molecule has 21 heavy (non-hydrogen) atoms. The zero-order valence-corrected chi connectivity index (χ0v) is 13.6. The first-order chi connectivity index (χ1) is 10.1. The van der Waals surface area contributed by atoms with Gasteiger partial charge in [-0.2, -0.15) is 0 Å². The monoisotopic (exact) mass is 309 g/mol. The first kappa shape index (κ1) is 16.2. The molecule has 0 bridgehead atoms. The van der Waals surface area contributed by atoms with Gasteiger partial charge in [-0.15, -0.1) is 0 Å². The average molecular weight is 310 g/mol. The Bertz CT molecular complexity index is 484. The molecule has 1 heterocycles. The molecule has 116 valence electrons. The Balaban J connectivity index is 1.89. The topological polar surface area (TPSA) is 54.9 Å². The Kier molecular flexibility index (Phi) is 5.97. The summed E-state index contributed by atoms with van der Waals surface area (Å²) in [5.41, 5.74) is 0.291. The van der Waals surface area contributed by atoms with Gasteiger partial charge in [-0.05, 0) is 12.3 Å². The predicted octanol–water partition coefficient (Wildman–Crippen LogP) is 3.95. The second-order valence-corrected chi connectivity index (χ2v) is 6.54. The van der Waals surface area contributed by atoms with Crippen molar-refractivity contribution in [3.8, 4) is 0 Å². The Morgan fingerprint density at radius 1 is 1.38 bits per heavy atom. The zero-order chi connectivity index (χ0) is 15.2. The maximum Gasteiger partial charge on any atom is 0.271 e. The van der Waals surface area contributed by atoms with E-state index < -0.39 is 0 Å². The maximum atomic E-state index is 12.2. The summed E-state index contributed by atoms with van der Waals surface area (Å²) in [6.45, 7) is 4.68. The normalized spacial score (nSPS) is 16.2. The van der Waals surface area contributed by atoms with Gasteiger partial charge in [0.1, 0.15) is 11.5 Å². The summed E-state index contributed by atoms with van der Waals surface area (Å²) in [4.78, 5) is 20.6. The molecule has 0 spiro atoms. The number of halogens is 1. The van der Waals surface area contributed by atoms with Gasteiger partial charge >= 0.3 is 0 Å². The molecule has 0 aliphatic heterocycles. The molecule has 0 radical (unpaired) electrons. The van der Waals surface area contributed by atoms with E-state index in [1.807, 2.05) is 13.8 Å². The molecule has 0 saturated heterocycles. The van der Waals surface area contributed by atoms with Crippen LogP contribution in [-0.4, -0.2) is 22.4 Å². The highest BCUT2D eigenvalue weighted by Gasteiger charge is 2.17. The van der Waals surface area contributed by atoms with Gasteiger partial charge in [-0.25, -0.2) is 9.97 Å². The van der Waals surface area contributed by atoms with Crippen LogP contribution in [0.2, 0.25) is 5.02 Å². The molecule has 2 rings (SSSR count). The van der Waals surface area contributed by atoms with Crippen LogP contribution in [-0.2, 0) is 0 Å². The third kappa shape index (κ3) is 4.67. The van der Waals surface area contributed by atoms with Crippen LogP contribution in [0.4, 0.5) is 0 Å². The van der Waals surface area contributed by atoms with Crippen LogP contribution in [0.1, 0.15) is 74.6 Å². The largest absolute Gasteiger partial charge is 0.351 e. The van der Waals surface area contributed by atoms with E-state index in [-0.39, 0.29) is 11.8 Å². The van der Waals surface area contributed by atoms with Gasteiger partial charge in [0.15, 0.2) is 0 Å². The highest BCUT2D eigenvalue weighted by molar-refractivity contribution is 6.33. The highest BCUT2D eigenvalue weighted by Crippen LogP contribution is 2.25. The van der Waals surface area contributed by atoms with Gasteiger partial charge < -0.3 is 5.32 Å². The van der Waals surface area contributed by atoms with Gasteiger partial charge in [0.2, 0.25) is 0 Å². The van der Waals surface area contributed by atoms with Gasteiger partial charge in [-0.3, -0.25) is 4.79 Å². The number of nitrogens with one attached hydrogen (secondary N) is 1. The molecule has 4 nitrogen and oxygen atoms in total. The summed E-state index contributed by atoms with van der Waals surface area (Å²) in [7, 11) is 0. The van der Waals surface area contributed by atoms with Crippen molar-refractivity contribution in [2.24, 2.45) is 5.92 Å². The molecular formula is C16H24ClN3O. The van der Waals surface area contributed by atoms with Crippen LogP contribution in [0.25, 0.3) is 0 Å². The van der Waals surface area contributed by atoms with Crippen molar-refractivity contribution in [2.45, 2.75) is 58.3 Å². The van der Waals surface area contributed by atoms with E-state index in [0.717, 1.165) is 12.3 Å². The van der Waals surface area contributed by atoms with E-state index in [4.69, 9.17) is 11.6 Å². The third-order valence-electron chi connectivity index (χ3n) is 4.06. The van der Waals surface area contributed by atoms with Crippen molar-refractivity contribution in [3.05, 3.63) is 22.7 Å². The number of hydrogen-bond donors (Lipinski definition) is 1. The quantitative estimate of drug-likeness (QED) is 0.896. The second-order valence-electron chi connectivity index (χ2n) is 6.13. The lowest BCUT2D eigenvalue weighted by atomic mass is 9.87. The van der Waals surface area contributed by atoms with E-state index >= 15 is 0 Å². The van der Waals surface area contributed by atoms with Gasteiger partial charge in [0.25, 0.3) is 5.91 Å². The SMILES string of the molecule is CC(C)c1ncc(Cl)c(C(=O)NCCC2CCCCC2)n1. The number of aromatic nitrogens is 2. The minimum atomic E-state index is -0.194. The fourth-order valence-corrected chi connectivity index (χ4v) is 2.94. The Hall–Kier alpha value is -1.16. The first-order valence-electron chi connectivity index (χ1n) is 7.88. The summed E-state index contributed by atoms with van der Waals surface area (Å²) in [6, 6.07) is 0. The van der Waals surface area contributed by atoms with Gasteiger partial charge in [0.05, 0.1) is 11.2 Å². The minimum absolute atomic E-state index is 0.177. The summed E-state index contributed by atoms with van der Waals surface area (Å²) >= 11 is 6.04. The van der Waals surface area contributed by atoms with Crippen LogP contribution in [0.5, 0.6) is 0 Å². The first-order valence-corrected chi connectivity index (χ1v) is 8.26. The number of amides is 1. The number of hydrogen-bond acceptors (Lipinski definition) is 3. The van der Waals surface area contributed by atoms with E-state index in [9.17, 15) is 4.79 Å². The molecule has 1 aliphatic carbocycles. The van der Waals surface area contributed by atoms with Gasteiger partial charge in [0, 0.05) is 12.5 Å². The lowest BCUT2D eigenvalue weighted by Crippen LogP contribution is -2.28. The Morgan fingerprint density at radius 3 is 2.76 bits per heavy atom. The van der Waals surface area contributed by atoms with Crippen LogP contribution in [0, 0.1) is 5.92 Å². The molecule has 0 atom stereocenters. The standard InChI is InChI=1S/C16H24ClN3O/c1-11(2)15-19-10-13(17)14(20-15)16(21)18-9-8-12-6-4-3-5-7-12/h10-12H,3-9H2,1-2H3,(H,18,21). The summed E-state index contributed by atoms with van der Waals surface area (Å²) in [5, 5.41) is 3.25. The molecular weight excluding hydrogens is 286 g/mol. The molecule has 1 N–H and O–H groups in total. The second kappa shape index (κ2) is 7.74. The number of carbonyl (C=O) groups excluding carboxylic acids is 1. The van der Waals surface area contributed by atoms with E-state index in [0.29, 0.717) is 23.1 Å². The fraction of sp³-hybridized carbons (Fsp3) is 0.688. The third-order valence-corrected chi connectivity index (χ3v) is 4.33. The molecule has 1 fully saturated rings. The van der Waals surface area contributed by atoms with Crippen LogP contribution >= 0.6 is 11.6 Å². The Labute approximate surface area is 131 Å². The van der Waals surface area contributed by atoms with E-state index in [1.54, 1.807) is 0 Å². The van der Waals surface area contributed by atoms with Crippen LogP contribution < -0.4 is 5.32 Å². The predicted molar refractivity (Wildman–Crippen MR) is 84.7 cm³/mol. The van der Waals surface area contributed by atoms with Crippen molar-refractivity contribution in [2.75, 3.05) is 6.54 Å². The molecule has 1 aromatic rings. The van der Waals surface area contributed by atoms with Gasteiger partial charge in [-0.1, -0.05) is 57.6 Å². The number of carbonyl (C=O) groups is 1. The summed E-state index contributed by atoms with van der Waals surface area (Å²) in [6.07, 6.45) is 9.16. The lowest BCUT2D eigenvalue weighted by Gasteiger charge is -2.21. The molecule has 0 unspecified atom stereocenters. The van der Waals surface area contributed by atoms with E-state index in [2.05, 4.69) is 15.3 Å². The summed E-state index contributed by atoms with van der Waals surface area (Å²) in [5.74, 6) is 1.39. The highest BCUT2D eigenvalue weighted by atomic mass is 35.5. The molecule has 1 saturated carbocycles. The lowest BCUT2D eigenvalue weighted by molar-refractivity contribution is 0.0945. The van der Waals surface area contributed by atoms with Crippen LogP contribution in [0.15, 0.2) is 6.20 Å². The Morgan fingerprint density at radius 2 is 2.10 bits per heavy atom. The van der Waals surface area contributed by atoms with Crippen LogP contribution in [0.3, 0.4) is 0 Å². The molecule has 0 aromatic carbocycles. The molecule has 5 heteroatoms. The minimum Gasteiger partial charge on any atom is -0.351 e. The summed E-state index contributed by atoms with van der Waals surface area (Å²) < 4.78 is 0. The fourth-order valence-electron chi connectivity index (χ4n) is 2.77. The average Bonchev–Trinajstić information content (AvgIpc) is 2.48.